The van der Waals surface area contributed by atoms with Crippen molar-refractivity contribution in [1.82, 2.24) is 0 Å². The number of hydrogen-bond acceptors (Lipinski definition) is 2. The molecule has 0 nitrogen and oxygen atoms in total. The fraction of sp³-hybridized carbons (Fsp3) is 0.200. The van der Waals surface area contributed by atoms with E-state index in [0.29, 0.717) is 0 Å². The molecule has 0 saturated carbocycles. The van der Waals surface area contributed by atoms with Crippen LogP contribution in [0.15, 0.2) is 27.2 Å². The van der Waals surface area contributed by atoms with Crippen LogP contribution in [0.5, 0.6) is 0 Å². The van der Waals surface area contributed by atoms with E-state index >= 15 is 0 Å². The second kappa shape index (κ2) is 5.14. The zero-order valence-electron chi connectivity index (χ0n) is 7.30. The Morgan fingerprint density at radius 3 is 2.36 bits per heavy atom. The van der Waals surface area contributed by atoms with Gasteiger partial charge in [0.25, 0.3) is 0 Å². The minimum atomic E-state index is 0.804. The van der Waals surface area contributed by atoms with Crippen LogP contribution in [-0.4, -0.2) is 11.5 Å². The molecule has 0 aliphatic carbocycles. The average Bonchev–Trinajstić information content (AvgIpc) is 2.20. The molecule has 4 heteroatoms. The first-order chi connectivity index (χ1) is 6.77. The van der Waals surface area contributed by atoms with Crippen molar-refractivity contribution in [2.24, 2.45) is 0 Å². The summed E-state index contributed by atoms with van der Waals surface area (Å²) in [6, 6.07) is 8.09. The van der Waals surface area contributed by atoms with Crippen molar-refractivity contribution in [3.05, 3.63) is 37.8 Å². The van der Waals surface area contributed by atoms with Crippen molar-refractivity contribution in [1.29, 1.82) is 0 Å². The van der Waals surface area contributed by atoms with Crippen LogP contribution in [0.4, 0.5) is 0 Å². The zero-order valence-corrected chi connectivity index (χ0v) is 11.8. The van der Waals surface area contributed by atoms with Gasteiger partial charge in [0.05, 0.1) is 2.91 Å². The van der Waals surface area contributed by atoms with Gasteiger partial charge in [0.2, 0.25) is 0 Å². The van der Waals surface area contributed by atoms with Gasteiger partial charge < -0.3 is 0 Å². The maximum absolute atomic E-state index is 5.86. The van der Waals surface area contributed by atoms with Crippen molar-refractivity contribution in [3.8, 4) is 0 Å². The average molecular weight is 355 g/mol. The summed E-state index contributed by atoms with van der Waals surface area (Å²) in [7, 11) is 0. The standard InChI is InChI=1S/C10H8ClIS2/c11-8-3-1-7(2-4-8)9-10(12)14-6-5-13-9/h1-4H,5-6H2. The smallest absolute Gasteiger partial charge is 0.0600 e. The molecule has 1 aromatic rings. The van der Waals surface area contributed by atoms with Gasteiger partial charge >= 0.3 is 0 Å². The van der Waals surface area contributed by atoms with Crippen molar-refractivity contribution < 1.29 is 0 Å². The van der Waals surface area contributed by atoms with Crippen molar-refractivity contribution in [2.75, 3.05) is 11.5 Å². The van der Waals surface area contributed by atoms with Crippen LogP contribution in [0.2, 0.25) is 5.02 Å². The minimum Gasteiger partial charge on any atom is -0.123 e. The molecule has 2 rings (SSSR count). The Morgan fingerprint density at radius 2 is 1.71 bits per heavy atom. The second-order valence-electron chi connectivity index (χ2n) is 2.81. The molecule has 0 atom stereocenters. The molecular weight excluding hydrogens is 347 g/mol. The summed E-state index contributed by atoms with van der Waals surface area (Å²) < 4.78 is 1.40. The molecule has 1 aromatic carbocycles. The van der Waals surface area contributed by atoms with Gasteiger partial charge in [-0.1, -0.05) is 23.7 Å². The van der Waals surface area contributed by atoms with Gasteiger partial charge in [0, 0.05) is 21.4 Å². The predicted octanol–water partition coefficient (Wildman–Crippen LogP) is 4.88. The van der Waals surface area contributed by atoms with Gasteiger partial charge in [-0.05, 0) is 40.3 Å². The third kappa shape index (κ3) is 2.62. The van der Waals surface area contributed by atoms with E-state index < -0.39 is 0 Å². The summed E-state index contributed by atoms with van der Waals surface area (Å²) in [4.78, 5) is 1.40. The normalized spacial score (nSPS) is 17.3. The highest BCUT2D eigenvalue weighted by molar-refractivity contribution is 14.1. The largest absolute Gasteiger partial charge is 0.123 e. The van der Waals surface area contributed by atoms with Crippen molar-refractivity contribution in [3.63, 3.8) is 0 Å². The lowest BCUT2D eigenvalue weighted by molar-refractivity contribution is 1.55. The van der Waals surface area contributed by atoms with Crippen molar-refractivity contribution in [2.45, 2.75) is 0 Å². The Balaban J connectivity index is 2.34. The van der Waals surface area contributed by atoms with E-state index in [1.54, 1.807) is 0 Å². The number of hydrogen-bond donors (Lipinski definition) is 0. The first-order valence-electron chi connectivity index (χ1n) is 4.18. The monoisotopic (exact) mass is 354 g/mol. The number of halogens is 2. The maximum Gasteiger partial charge on any atom is 0.0600 e. The lowest BCUT2D eigenvalue weighted by atomic mass is 10.2. The van der Waals surface area contributed by atoms with Gasteiger partial charge in [-0.25, -0.2) is 0 Å². The summed E-state index contributed by atoms with van der Waals surface area (Å²) >= 11 is 12.2. The van der Waals surface area contributed by atoms with Crippen LogP contribution in [-0.2, 0) is 0 Å². The highest BCUT2D eigenvalue weighted by Gasteiger charge is 2.13. The number of benzene rings is 1. The molecule has 0 saturated heterocycles. The summed E-state index contributed by atoms with van der Waals surface area (Å²) in [5.41, 5.74) is 1.29. The van der Waals surface area contributed by atoms with Crippen LogP contribution < -0.4 is 0 Å². The van der Waals surface area contributed by atoms with Gasteiger partial charge in [-0.15, -0.1) is 23.5 Å². The Hall–Kier alpha value is 0.680. The van der Waals surface area contributed by atoms with Crippen LogP contribution in [0.1, 0.15) is 5.56 Å². The zero-order chi connectivity index (χ0) is 9.97. The molecule has 1 aliphatic heterocycles. The SMILES string of the molecule is Clc1ccc(C2=C(I)SCCS2)cc1. The molecule has 0 amide bonds. The molecule has 0 spiro atoms. The summed E-state index contributed by atoms with van der Waals surface area (Å²) in [5, 5.41) is 0.804. The van der Waals surface area contributed by atoms with Crippen LogP contribution in [0.3, 0.4) is 0 Å². The topological polar surface area (TPSA) is 0 Å². The van der Waals surface area contributed by atoms with E-state index in [1.807, 2.05) is 35.7 Å². The van der Waals surface area contributed by atoms with Gasteiger partial charge in [-0.3, -0.25) is 0 Å². The molecule has 0 unspecified atom stereocenters. The molecule has 0 N–H and O–H groups in total. The van der Waals surface area contributed by atoms with E-state index in [0.717, 1.165) is 5.02 Å². The maximum atomic E-state index is 5.86. The Labute approximate surface area is 111 Å². The Bertz CT molecular complexity index is 359. The van der Waals surface area contributed by atoms with Crippen LogP contribution in [0.25, 0.3) is 4.91 Å². The molecule has 0 radical (unpaired) electrons. The highest BCUT2D eigenvalue weighted by atomic mass is 127. The van der Waals surface area contributed by atoms with Crippen LogP contribution >= 0.6 is 57.7 Å². The molecule has 74 valence electrons. The molecule has 0 aromatic heterocycles. The highest BCUT2D eigenvalue weighted by Crippen LogP contribution is 2.43. The molecule has 0 bridgehead atoms. The van der Waals surface area contributed by atoms with Gasteiger partial charge in [-0.2, -0.15) is 0 Å². The van der Waals surface area contributed by atoms with Gasteiger partial charge in [0.1, 0.15) is 0 Å². The molecule has 1 heterocycles. The predicted molar refractivity (Wildman–Crippen MR) is 77.3 cm³/mol. The number of rotatable bonds is 1. The van der Waals surface area contributed by atoms with E-state index in [2.05, 4.69) is 34.7 Å². The van der Waals surface area contributed by atoms with Gasteiger partial charge in [0.15, 0.2) is 0 Å². The fourth-order valence-corrected chi connectivity index (χ4v) is 4.83. The third-order valence-electron chi connectivity index (χ3n) is 1.84. The first kappa shape index (κ1) is 11.2. The molecule has 1 aliphatic rings. The molecule has 0 fully saturated rings. The van der Waals surface area contributed by atoms with E-state index in [9.17, 15) is 0 Å². The quantitative estimate of drug-likeness (QED) is 0.659. The summed E-state index contributed by atoms with van der Waals surface area (Å²) in [6.45, 7) is 0. The summed E-state index contributed by atoms with van der Waals surface area (Å²) in [6.07, 6.45) is 0. The Morgan fingerprint density at radius 1 is 1.07 bits per heavy atom. The van der Waals surface area contributed by atoms with E-state index in [4.69, 9.17) is 11.6 Å². The third-order valence-corrected chi connectivity index (χ3v) is 6.33. The minimum absolute atomic E-state index is 0.804. The van der Waals surface area contributed by atoms with E-state index in [-0.39, 0.29) is 0 Å². The first-order valence-corrected chi connectivity index (χ1v) is 7.61. The number of thioether (sulfide) groups is 2. The van der Waals surface area contributed by atoms with Crippen molar-refractivity contribution >= 4 is 62.6 Å². The molecule has 14 heavy (non-hydrogen) atoms. The summed E-state index contributed by atoms with van der Waals surface area (Å²) in [5.74, 6) is 2.43. The lowest BCUT2D eigenvalue weighted by Gasteiger charge is -2.15. The van der Waals surface area contributed by atoms with Crippen LogP contribution in [0, 0.1) is 0 Å². The Kier molecular flexibility index (Phi) is 4.10. The van der Waals surface area contributed by atoms with E-state index in [1.165, 1.54) is 24.9 Å². The second-order valence-corrected chi connectivity index (χ2v) is 7.26. The fourth-order valence-electron chi connectivity index (χ4n) is 1.20. The molecular formula is C10H8ClIS2. The lowest BCUT2D eigenvalue weighted by Crippen LogP contribution is -1.93.